The smallest absolute Gasteiger partial charge is 0.0478 e. The SMILES string of the molecule is C=C/C=C(\C=C)NN.CC. The maximum absolute atomic E-state index is 5.03. The molecule has 0 spiro atoms. The van der Waals surface area contributed by atoms with E-state index in [-0.39, 0.29) is 0 Å². The molecule has 2 nitrogen and oxygen atoms in total. The van der Waals surface area contributed by atoms with Crippen molar-refractivity contribution in [3.63, 3.8) is 0 Å². The molecule has 10 heavy (non-hydrogen) atoms. The van der Waals surface area contributed by atoms with Crippen molar-refractivity contribution in [3.8, 4) is 0 Å². The van der Waals surface area contributed by atoms with E-state index in [1.54, 1.807) is 18.2 Å². The molecule has 3 N–H and O–H groups in total. The molecule has 0 fully saturated rings. The highest BCUT2D eigenvalue weighted by atomic mass is 15.2. The lowest BCUT2D eigenvalue weighted by Gasteiger charge is -1.94. The Morgan fingerprint density at radius 2 is 1.90 bits per heavy atom. The van der Waals surface area contributed by atoms with Crippen molar-refractivity contribution in [1.29, 1.82) is 0 Å². The van der Waals surface area contributed by atoms with E-state index in [2.05, 4.69) is 18.6 Å². The Morgan fingerprint density at radius 3 is 2.00 bits per heavy atom. The summed E-state index contributed by atoms with van der Waals surface area (Å²) in [6.07, 6.45) is 4.98. The molecule has 0 saturated carbocycles. The number of hydrazine groups is 1. The third kappa shape index (κ3) is 6.98. The summed E-state index contributed by atoms with van der Waals surface area (Å²) in [4.78, 5) is 0. The van der Waals surface area contributed by atoms with Crippen molar-refractivity contribution in [2.45, 2.75) is 13.8 Å². The maximum Gasteiger partial charge on any atom is 0.0478 e. The fourth-order valence-corrected chi connectivity index (χ4v) is 0.302. The van der Waals surface area contributed by atoms with Gasteiger partial charge in [0.05, 0.1) is 0 Å². The molecular formula is C8H16N2. The van der Waals surface area contributed by atoms with Gasteiger partial charge in [-0.3, -0.25) is 5.84 Å². The van der Waals surface area contributed by atoms with Crippen LogP contribution in [-0.4, -0.2) is 0 Å². The molecule has 0 radical (unpaired) electrons. The molecule has 0 aliphatic heterocycles. The van der Waals surface area contributed by atoms with Crippen LogP contribution in [0, 0.1) is 0 Å². The predicted octanol–water partition coefficient (Wildman–Crippen LogP) is 1.73. The fourth-order valence-electron chi connectivity index (χ4n) is 0.302. The highest BCUT2D eigenvalue weighted by Gasteiger charge is 1.76. The van der Waals surface area contributed by atoms with Crippen molar-refractivity contribution in [1.82, 2.24) is 5.43 Å². The number of hydrogen-bond donors (Lipinski definition) is 2. The summed E-state index contributed by atoms with van der Waals surface area (Å²) in [5.74, 6) is 5.03. The predicted molar refractivity (Wildman–Crippen MR) is 47.1 cm³/mol. The third-order valence-electron chi connectivity index (χ3n) is 0.684. The minimum Gasteiger partial charge on any atom is -0.324 e. The molecule has 0 aliphatic rings. The fraction of sp³-hybridized carbons (Fsp3) is 0.250. The molecule has 58 valence electrons. The van der Waals surface area contributed by atoms with E-state index in [1.165, 1.54) is 0 Å². The van der Waals surface area contributed by atoms with Crippen molar-refractivity contribution >= 4 is 0 Å². The van der Waals surface area contributed by atoms with Gasteiger partial charge in [-0.15, -0.1) is 0 Å². The first-order chi connectivity index (χ1) is 4.85. The number of hydrogen-bond acceptors (Lipinski definition) is 2. The van der Waals surface area contributed by atoms with Crippen LogP contribution in [0.4, 0.5) is 0 Å². The van der Waals surface area contributed by atoms with Gasteiger partial charge in [-0.1, -0.05) is 33.1 Å². The Hall–Kier alpha value is -1.02. The average Bonchev–Trinajstić information content (AvgIpc) is 2.04. The molecule has 0 heterocycles. The van der Waals surface area contributed by atoms with Gasteiger partial charge in [-0.25, -0.2) is 0 Å². The molecule has 0 aromatic heterocycles. The van der Waals surface area contributed by atoms with Crippen LogP contribution in [0.25, 0.3) is 0 Å². The summed E-state index contributed by atoms with van der Waals surface area (Å²) in [6, 6.07) is 0. The van der Waals surface area contributed by atoms with Crippen molar-refractivity contribution in [2.24, 2.45) is 5.84 Å². The van der Waals surface area contributed by atoms with Crippen LogP contribution in [0.3, 0.4) is 0 Å². The zero-order valence-corrected chi connectivity index (χ0v) is 6.72. The van der Waals surface area contributed by atoms with Gasteiger partial charge in [-0.05, 0) is 12.2 Å². The highest BCUT2D eigenvalue weighted by molar-refractivity contribution is 5.17. The van der Waals surface area contributed by atoms with E-state index in [9.17, 15) is 0 Å². The molecule has 0 bridgehead atoms. The highest BCUT2D eigenvalue weighted by Crippen LogP contribution is 1.85. The van der Waals surface area contributed by atoms with E-state index in [4.69, 9.17) is 5.84 Å². The lowest BCUT2D eigenvalue weighted by Crippen LogP contribution is -2.19. The number of nitrogens with one attached hydrogen (secondary N) is 1. The van der Waals surface area contributed by atoms with Gasteiger partial charge in [0.15, 0.2) is 0 Å². The first kappa shape index (κ1) is 11.7. The second-order valence-electron chi connectivity index (χ2n) is 1.21. The van der Waals surface area contributed by atoms with Crippen LogP contribution < -0.4 is 11.3 Å². The summed E-state index contributed by atoms with van der Waals surface area (Å²) >= 11 is 0. The van der Waals surface area contributed by atoms with Crippen molar-refractivity contribution in [3.05, 3.63) is 37.1 Å². The molecule has 2 heteroatoms. The van der Waals surface area contributed by atoms with Gasteiger partial charge in [0.2, 0.25) is 0 Å². The molecular weight excluding hydrogens is 124 g/mol. The molecule has 0 atom stereocenters. The number of allylic oxidation sites excluding steroid dienone is 3. The molecule has 0 aromatic rings. The minimum absolute atomic E-state index is 0.764. The maximum atomic E-state index is 5.03. The summed E-state index contributed by atoms with van der Waals surface area (Å²) in [5, 5.41) is 0. The summed E-state index contributed by atoms with van der Waals surface area (Å²) in [7, 11) is 0. The normalized spacial score (nSPS) is 8.90. The molecule has 0 rings (SSSR count). The van der Waals surface area contributed by atoms with Crippen molar-refractivity contribution in [2.75, 3.05) is 0 Å². The summed E-state index contributed by atoms with van der Waals surface area (Å²) < 4.78 is 0. The monoisotopic (exact) mass is 140 g/mol. The minimum atomic E-state index is 0.764. The largest absolute Gasteiger partial charge is 0.324 e. The van der Waals surface area contributed by atoms with Gasteiger partial charge < -0.3 is 5.43 Å². The van der Waals surface area contributed by atoms with E-state index < -0.39 is 0 Å². The van der Waals surface area contributed by atoms with E-state index >= 15 is 0 Å². The van der Waals surface area contributed by atoms with Gasteiger partial charge in [0.1, 0.15) is 0 Å². The van der Waals surface area contributed by atoms with Crippen LogP contribution in [0.2, 0.25) is 0 Å². The first-order valence-electron chi connectivity index (χ1n) is 3.27. The quantitative estimate of drug-likeness (QED) is 0.356. The van der Waals surface area contributed by atoms with Crippen molar-refractivity contribution < 1.29 is 0 Å². The lowest BCUT2D eigenvalue weighted by molar-refractivity contribution is 0.917. The molecule has 0 saturated heterocycles. The van der Waals surface area contributed by atoms with Crippen LogP contribution in [0.15, 0.2) is 37.1 Å². The van der Waals surface area contributed by atoms with Crippen LogP contribution in [-0.2, 0) is 0 Å². The Labute approximate surface area is 63.1 Å². The van der Waals surface area contributed by atoms with E-state index in [0.717, 1.165) is 5.70 Å². The zero-order chi connectivity index (χ0) is 8.41. The second kappa shape index (κ2) is 10.9. The summed E-state index contributed by atoms with van der Waals surface area (Å²) in [6.45, 7) is 11.0. The van der Waals surface area contributed by atoms with Crippen LogP contribution >= 0.6 is 0 Å². The third-order valence-corrected chi connectivity index (χ3v) is 0.684. The van der Waals surface area contributed by atoms with Gasteiger partial charge in [0, 0.05) is 5.70 Å². The summed E-state index contributed by atoms with van der Waals surface area (Å²) in [5.41, 5.74) is 3.19. The second-order valence-corrected chi connectivity index (χ2v) is 1.21. The van der Waals surface area contributed by atoms with E-state index in [1.807, 2.05) is 13.8 Å². The average molecular weight is 140 g/mol. The molecule has 0 unspecified atom stereocenters. The molecule has 0 aliphatic carbocycles. The number of nitrogens with two attached hydrogens (primary N) is 1. The number of rotatable bonds is 3. The topological polar surface area (TPSA) is 38.0 Å². The van der Waals surface area contributed by atoms with Crippen LogP contribution in [0.5, 0.6) is 0 Å². The van der Waals surface area contributed by atoms with E-state index in [0.29, 0.717) is 0 Å². The Balaban J connectivity index is 0. The van der Waals surface area contributed by atoms with Gasteiger partial charge in [0.25, 0.3) is 0 Å². The van der Waals surface area contributed by atoms with Gasteiger partial charge >= 0.3 is 0 Å². The Morgan fingerprint density at radius 1 is 1.40 bits per heavy atom. The Kier molecular flexibility index (Phi) is 12.8. The zero-order valence-electron chi connectivity index (χ0n) is 6.72. The molecule has 0 amide bonds. The Bertz CT molecular complexity index is 114. The molecule has 0 aromatic carbocycles. The first-order valence-corrected chi connectivity index (χ1v) is 3.27. The van der Waals surface area contributed by atoms with Gasteiger partial charge in [-0.2, -0.15) is 0 Å². The standard InChI is InChI=1S/C6H10N2.C2H6/c1-3-5-6(4-2)8-7;1-2/h3-5,8H,1-2,7H2;1-2H3/b6-5+;. The lowest BCUT2D eigenvalue weighted by atomic mass is 10.4. The van der Waals surface area contributed by atoms with Crippen LogP contribution in [0.1, 0.15) is 13.8 Å².